The molecule has 0 saturated carbocycles. The molecule has 1 fully saturated rings. The van der Waals surface area contributed by atoms with E-state index in [0.717, 1.165) is 12.1 Å². The summed E-state index contributed by atoms with van der Waals surface area (Å²) in [6, 6.07) is 9.01. The Morgan fingerprint density at radius 1 is 0.941 bits per heavy atom. The molecule has 4 rings (SSSR count). The zero-order valence-corrected chi connectivity index (χ0v) is 19.9. The summed E-state index contributed by atoms with van der Waals surface area (Å²) in [5.74, 6) is -0.0870. The van der Waals surface area contributed by atoms with Crippen LogP contribution in [0.2, 0.25) is 0 Å². The van der Waals surface area contributed by atoms with Crippen LogP contribution in [0.1, 0.15) is 18.4 Å². The minimum absolute atomic E-state index is 0.0435. The maximum atomic E-state index is 13.8. The number of rotatable bonds is 5. The van der Waals surface area contributed by atoms with E-state index < -0.39 is 64.2 Å². The smallest absolute Gasteiger partial charge is 0.299 e. The monoisotopic (exact) mass is 538 g/mol. The van der Waals surface area contributed by atoms with Gasteiger partial charge < -0.3 is 0 Å². The van der Waals surface area contributed by atoms with Crippen molar-refractivity contribution in [3.05, 3.63) is 60.3 Å². The van der Waals surface area contributed by atoms with E-state index in [-0.39, 0.29) is 29.2 Å². The average Bonchev–Trinajstić information content (AvgIpc) is 3.17. The number of nitrogens with zero attached hydrogens (tertiary/aromatic N) is 1. The molecule has 8 nitrogen and oxygen atoms in total. The van der Waals surface area contributed by atoms with E-state index in [2.05, 4.69) is 4.72 Å². The summed E-state index contributed by atoms with van der Waals surface area (Å²) in [7, 11) is -11.8. The molecule has 3 aromatic rings. The second-order valence-electron chi connectivity index (χ2n) is 7.91. The highest BCUT2D eigenvalue weighted by molar-refractivity contribution is 8.24. The van der Waals surface area contributed by atoms with Crippen molar-refractivity contribution >= 4 is 41.5 Å². The third-order valence-corrected chi connectivity index (χ3v) is 10.6. The van der Waals surface area contributed by atoms with E-state index in [9.17, 15) is 39.1 Å². The highest BCUT2D eigenvalue weighted by Crippen LogP contribution is 2.44. The van der Waals surface area contributed by atoms with Crippen LogP contribution in [0.25, 0.3) is 10.9 Å². The summed E-state index contributed by atoms with van der Waals surface area (Å²) in [4.78, 5) is -1.05. The Morgan fingerprint density at radius 2 is 1.56 bits per heavy atom. The maximum Gasteiger partial charge on any atom is 0.417 e. The fraction of sp³-hybridized carbons (Fsp3) is 0.300. The van der Waals surface area contributed by atoms with Crippen molar-refractivity contribution in [2.75, 3.05) is 11.5 Å². The highest BCUT2D eigenvalue weighted by Gasteiger charge is 2.38. The Balaban J connectivity index is 1.90. The highest BCUT2D eigenvalue weighted by atomic mass is 32.3. The Bertz CT molecular complexity index is 1430. The normalized spacial score (nSPS) is 18.7. The molecule has 34 heavy (non-hydrogen) atoms. The molecule has 0 atom stereocenters. The molecule has 2 heterocycles. The molecule has 186 valence electrons. The average molecular weight is 539 g/mol. The number of hydrogen-bond acceptors (Lipinski definition) is 6. The predicted molar refractivity (Wildman–Crippen MR) is 122 cm³/mol. The van der Waals surface area contributed by atoms with Gasteiger partial charge in [0.05, 0.1) is 16.0 Å². The number of fused-ring (bicyclic) bond motifs is 1. The largest absolute Gasteiger partial charge is 0.417 e. The van der Waals surface area contributed by atoms with E-state index in [4.69, 9.17) is 0 Å². The van der Waals surface area contributed by atoms with Gasteiger partial charge in [-0.2, -0.15) is 23.8 Å². The molecule has 1 saturated heterocycles. The van der Waals surface area contributed by atoms with Crippen molar-refractivity contribution in [3.63, 3.8) is 0 Å². The maximum absolute atomic E-state index is 13.8. The van der Waals surface area contributed by atoms with Gasteiger partial charge in [-0.05, 0) is 37.1 Å². The number of alkyl halides is 3. The van der Waals surface area contributed by atoms with Crippen molar-refractivity contribution in [1.82, 2.24) is 8.69 Å². The Labute approximate surface area is 195 Å². The van der Waals surface area contributed by atoms with Crippen LogP contribution >= 0.6 is 10.6 Å². The van der Waals surface area contributed by atoms with Gasteiger partial charge >= 0.3 is 6.18 Å². The zero-order valence-electron chi connectivity index (χ0n) is 17.4. The summed E-state index contributed by atoms with van der Waals surface area (Å²) >= 11 is 0. The molecule has 0 unspecified atom stereocenters. The first-order valence-electron chi connectivity index (χ1n) is 10.0. The van der Waals surface area contributed by atoms with E-state index >= 15 is 0 Å². The molecule has 1 aliphatic heterocycles. The van der Waals surface area contributed by atoms with E-state index in [1.54, 1.807) is 6.07 Å². The van der Waals surface area contributed by atoms with Crippen LogP contribution in [0, 0.1) is 0 Å². The van der Waals surface area contributed by atoms with Gasteiger partial charge in [0, 0.05) is 29.1 Å². The van der Waals surface area contributed by atoms with Gasteiger partial charge in [0.25, 0.3) is 10.0 Å². The predicted octanol–water partition coefficient (Wildman–Crippen LogP) is 4.09. The van der Waals surface area contributed by atoms with Gasteiger partial charge in [0.15, 0.2) is 0 Å². The molecular weight excluding hydrogens is 517 g/mol. The Morgan fingerprint density at radius 3 is 2.15 bits per heavy atom. The summed E-state index contributed by atoms with van der Waals surface area (Å²) in [5, 5.41) is -0.762. The van der Waals surface area contributed by atoms with Gasteiger partial charge in [0.1, 0.15) is 4.90 Å². The fourth-order valence-corrected chi connectivity index (χ4v) is 8.38. The van der Waals surface area contributed by atoms with Gasteiger partial charge in [0.2, 0.25) is 10.0 Å². The topological polar surface area (TPSA) is 126 Å². The lowest BCUT2D eigenvalue weighted by Gasteiger charge is -2.39. The molecule has 0 spiro atoms. The van der Waals surface area contributed by atoms with Crippen molar-refractivity contribution in [2.24, 2.45) is 0 Å². The van der Waals surface area contributed by atoms with Crippen LogP contribution in [0.15, 0.2) is 64.5 Å². The number of benzene rings is 2. The third-order valence-electron chi connectivity index (χ3n) is 5.56. The number of nitrogens with one attached hydrogen (secondary N) is 1. The molecule has 2 aromatic carbocycles. The Hall–Kier alpha value is -2.10. The molecule has 0 amide bonds. The van der Waals surface area contributed by atoms with Gasteiger partial charge in [-0.1, -0.05) is 24.3 Å². The quantitative estimate of drug-likeness (QED) is 0.449. The van der Waals surface area contributed by atoms with Crippen LogP contribution in [0.3, 0.4) is 0 Å². The summed E-state index contributed by atoms with van der Waals surface area (Å²) in [6.45, 7) is 0. The van der Waals surface area contributed by atoms with E-state index in [1.165, 1.54) is 24.3 Å². The van der Waals surface area contributed by atoms with Crippen molar-refractivity contribution in [1.29, 1.82) is 0 Å². The second kappa shape index (κ2) is 8.53. The Kier molecular flexibility index (Phi) is 6.28. The zero-order chi connectivity index (χ0) is 24.9. The SMILES string of the molecule is O=S(=O)(NC1CCS(O)(O)CC1)c1cn(S(=O)(=O)c2ccccc2)c2cccc(C(F)(F)F)c12. The fourth-order valence-electron chi connectivity index (χ4n) is 3.88. The standard InChI is InChI=1S/C20H21F3N2O6S3/c21-20(22,23)16-7-4-8-17-19(16)18(13-25(17)34(30,31)15-5-2-1-3-6-15)33(28,29)24-14-9-11-32(26,27)12-10-14/h1-8,13-14,24,26-27H,9-12H2. The third kappa shape index (κ3) is 4.70. The molecular formula is C20H21F3N2O6S3. The minimum Gasteiger partial charge on any atom is -0.299 e. The summed E-state index contributed by atoms with van der Waals surface area (Å²) in [6.07, 6.45) is -4.11. The van der Waals surface area contributed by atoms with Crippen molar-refractivity contribution in [3.8, 4) is 0 Å². The van der Waals surface area contributed by atoms with Gasteiger partial charge in [-0.15, -0.1) is 0 Å². The molecule has 1 aromatic heterocycles. The molecule has 0 aliphatic carbocycles. The van der Waals surface area contributed by atoms with Crippen LogP contribution in [0.5, 0.6) is 0 Å². The lowest BCUT2D eigenvalue weighted by Crippen LogP contribution is -2.39. The first kappa shape index (κ1) is 25.0. The lowest BCUT2D eigenvalue weighted by atomic mass is 10.1. The first-order chi connectivity index (χ1) is 15.7. The number of halogens is 3. The van der Waals surface area contributed by atoms with Crippen LogP contribution in [-0.2, 0) is 26.2 Å². The van der Waals surface area contributed by atoms with Crippen LogP contribution < -0.4 is 4.72 Å². The first-order valence-corrected chi connectivity index (χ1v) is 14.8. The van der Waals surface area contributed by atoms with Gasteiger partial charge in [-0.3, -0.25) is 9.11 Å². The number of aromatic nitrogens is 1. The van der Waals surface area contributed by atoms with Crippen molar-refractivity contribution < 1.29 is 39.1 Å². The second-order valence-corrected chi connectivity index (χ2v) is 13.8. The summed E-state index contributed by atoms with van der Waals surface area (Å²) in [5.41, 5.74) is -1.72. The summed E-state index contributed by atoms with van der Waals surface area (Å²) < 4.78 is 117. The molecule has 14 heteroatoms. The lowest BCUT2D eigenvalue weighted by molar-refractivity contribution is -0.136. The molecule has 3 N–H and O–H groups in total. The van der Waals surface area contributed by atoms with Crippen LogP contribution in [-0.4, -0.2) is 47.5 Å². The minimum atomic E-state index is -4.95. The number of sulfonamides is 1. The molecule has 0 bridgehead atoms. The van der Waals surface area contributed by atoms with Crippen LogP contribution in [0.4, 0.5) is 13.2 Å². The van der Waals surface area contributed by atoms with E-state index in [0.29, 0.717) is 16.2 Å². The van der Waals surface area contributed by atoms with E-state index in [1.807, 2.05) is 0 Å². The molecule has 0 radical (unpaired) electrons. The van der Waals surface area contributed by atoms with Gasteiger partial charge in [-0.25, -0.2) is 25.5 Å². The van der Waals surface area contributed by atoms with Crippen molar-refractivity contribution in [2.45, 2.75) is 34.9 Å². The molecule has 1 aliphatic rings. The number of hydrogen-bond donors (Lipinski definition) is 3.